The third-order valence-corrected chi connectivity index (χ3v) is 3.94. The van der Waals surface area contributed by atoms with Crippen LogP contribution in [0, 0.1) is 23.0 Å². The van der Waals surface area contributed by atoms with Crippen LogP contribution >= 0.6 is 0 Å². The summed E-state index contributed by atoms with van der Waals surface area (Å²) in [4.78, 5) is 13.0. The van der Waals surface area contributed by atoms with Crippen molar-refractivity contribution in [3.63, 3.8) is 0 Å². The van der Waals surface area contributed by atoms with Crippen molar-refractivity contribution in [2.45, 2.75) is 26.7 Å². The van der Waals surface area contributed by atoms with Crippen LogP contribution in [0.5, 0.6) is 0 Å². The summed E-state index contributed by atoms with van der Waals surface area (Å²) in [5.74, 6) is 1.31. The molecule has 1 aromatic heterocycles. The Morgan fingerprint density at radius 1 is 1.45 bits per heavy atom. The normalized spacial score (nSPS) is 16.6. The molecule has 0 unspecified atom stereocenters. The van der Waals surface area contributed by atoms with Gasteiger partial charge in [-0.1, -0.05) is 6.92 Å². The number of rotatable bonds is 5. The van der Waals surface area contributed by atoms with Crippen LogP contribution in [-0.2, 0) is 7.05 Å². The molecule has 0 spiro atoms. The molecule has 0 atom stereocenters. The quantitative estimate of drug-likeness (QED) is 0.653. The maximum Gasteiger partial charge on any atom is 0.333 e. The van der Waals surface area contributed by atoms with Gasteiger partial charge in [0.2, 0.25) is 5.82 Å². The minimum atomic E-state index is -0.317. The summed E-state index contributed by atoms with van der Waals surface area (Å²) in [5.41, 5.74) is 0.639. The molecule has 2 heterocycles. The summed E-state index contributed by atoms with van der Waals surface area (Å²) in [6.07, 6.45) is 2.13. The molecular formula is C13H23N5O2. The molecule has 20 heavy (non-hydrogen) atoms. The summed E-state index contributed by atoms with van der Waals surface area (Å²) in [7, 11) is 1.78. The van der Waals surface area contributed by atoms with Gasteiger partial charge in [0, 0.05) is 20.1 Å². The lowest BCUT2D eigenvalue weighted by Gasteiger charge is -2.32. The maximum absolute atomic E-state index is 11.2. The molecule has 7 heteroatoms. The highest BCUT2D eigenvalue weighted by atomic mass is 16.6. The predicted octanol–water partition coefficient (Wildman–Crippen LogP) is 1.46. The Morgan fingerprint density at radius 3 is 2.65 bits per heavy atom. The molecule has 7 nitrogen and oxygen atoms in total. The molecule has 0 aromatic carbocycles. The molecule has 2 rings (SSSR count). The molecule has 1 N–H and O–H groups in total. The number of anilines is 1. The second-order valence-corrected chi connectivity index (χ2v) is 5.38. The number of nitro groups is 1. The molecule has 1 aliphatic heterocycles. The Balaban J connectivity index is 2.09. The third-order valence-electron chi connectivity index (χ3n) is 3.94. The lowest BCUT2D eigenvalue weighted by atomic mass is 9.96. The van der Waals surface area contributed by atoms with Crippen molar-refractivity contribution in [3.8, 4) is 0 Å². The fourth-order valence-electron chi connectivity index (χ4n) is 2.90. The highest BCUT2D eigenvalue weighted by molar-refractivity contribution is 5.61. The summed E-state index contributed by atoms with van der Waals surface area (Å²) in [6.45, 7) is 7.55. The Kier molecular flexibility index (Phi) is 4.59. The van der Waals surface area contributed by atoms with Gasteiger partial charge in [-0.3, -0.25) is 10.1 Å². The first-order valence-corrected chi connectivity index (χ1v) is 7.18. The first-order valence-electron chi connectivity index (χ1n) is 7.18. The standard InChI is InChI=1S/C13H23N5O2/c1-4-14-9-11-5-7-17(8-6-11)13-12(18(19)20)10(2)15-16(13)3/h11,14H,4-9H2,1-3H3. The third kappa shape index (κ3) is 2.92. The second-order valence-electron chi connectivity index (χ2n) is 5.38. The van der Waals surface area contributed by atoms with E-state index in [9.17, 15) is 10.1 Å². The van der Waals surface area contributed by atoms with E-state index in [1.807, 2.05) is 0 Å². The van der Waals surface area contributed by atoms with Crippen LogP contribution in [0.1, 0.15) is 25.5 Å². The van der Waals surface area contributed by atoms with E-state index in [2.05, 4.69) is 22.2 Å². The average molecular weight is 281 g/mol. The van der Waals surface area contributed by atoms with E-state index >= 15 is 0 Å². The zero-order valence-electron chi connectivity index (χ0n) is 12.4. The second kappa shape index (κ2) is 6.21. The Morgan fingerprint density at radius 2 is 2.10 bits per heavy atom. The van der Waals surface area contributed by atoms with E-state index in [1.54, 1.807) is 18.7 Å². The van der Waals surface area contributed by atoms with Gasteiger partial charge in [-0.15, -0.1) is 0 Å². The molecule has 1 aliphatic rings. The lowest BCUT2D eigenvalue weighted by molar-refractivity contribution is -0.384. The number of aryl methyl sites for hydroxylation is 2. The van der Waals surface area contributed by atoms with Crippen LogP contribution < -0.4 is 10.2 Å². The van der Waals surface area contributed by atoms with Crippen LogP contribution in [0.25, 0.3) is 0 Å². The molecule has 0 radical (unpaired) electrons. The smallest absolute Gasteiger partial charge is 0.333 e. The van der Waals surface area contributed by atoms with E-state index < -0.39 is 0 Å². The molecule has 1 aromatic rings. The monoisotopic (exact) mass is 281 g/mol. The molecule has 1 saturated heterocycles. The van der Waals surface area contributed by atoms with E-state index in [4.69, 9.17) is 0 Å². The molecule has 0 amide bonds. The number of hydrogen-bond donors (Lipinski definition) is 1. The van der Waals surface area contributed by atoms with E-state index in [0.717, 1.165) is 39.0 Å². The van der Waals surface area contributed by atoms with Gasteiger partial charge in [0.1, 0.15) is 5.69 Å². The van der Waals surface area contributed by atoms with E-state index in [0.29, 0.717) is 17.4 Å². The zero-order valence-corrected chi connectivity index (χ0v) is 12.4. The first-order chi connectivity index (χ1) is 9.54. The van der Waals surface area contributed by atoms with Gasteiger partial charge in [0.15, 0.2) is 0 Å². The van der Waals surface area contributed by atoms with Gasteiger partial charge in [-0.2, -0.15) is 5.10 Å². The van der Waals surface area contributed by atoms with Gasteiger partial charge in [-0.25, -0.2) is 4.68 Å². The number of nitrogens with one attached hydrogen (secondary N) is 1. The van der Waals surface area contributed by atoms with Crippen LogP contribution in [0.3, 0.4) is 0 Å². The minimum Gasteiger partial charge on any atom is -0.351 e. The summed E-state index contributed by atoms with van der Waals surface area (Å²) >= 11 is 0. The van der Waals surface area contributed by atoms with Crippen molar-refractivity contribution < 1.29 is 4.92 Å². The lowest BCUT2D eigenvalue weighted by Crippen LogP contribution is -2.38. The topological polar surface area (TPSA) is 76.2 Å². The van der Waals surface area contributed by atoms with Gasteiger partial charge < -0.3 is 10.2 Å². The number of nitrogens with zero attached hydrogens (tertiary/aromatic N) is 4. The molecular weight excluding hydrogens is 258 g/mol. The molecule has 0 aliphatic carbocycles. The van der Waals surface area contributed by atoms with Crippen molar-refractivity contribution in [2.75, 3.05) is 31.1 Å². The van der Waals surface area contributed by atoms with Crippen molar-refractivity contribution in [1.29, 1.82) is 0 Å². The highest BCUT2D eigenvalue weighted by Gasteiger charge is 2.30. The van der Waals surface area contributed by atoms with Crippen molar-refractivity contribution in [2.24, 2.45) is 13.0 Å². The Bertz CT molecular complexity index is 477. The molecule has 112 valence electrons. The van der Waals surface area contributed by atoms with E-state index in [1.165, 1.54) is 0 Å². The summed E-state index contributed by atoms with van der Waals surface area (Å²) < 4.78 is 1.64. The first kappa shape index (κ1) is 14.8. The minimum absolute atomic E-state index is 0.151. The Labute approximate surface area is 119 Å². The highest BCUT2D eigenvalue weighted by Crippen LogP contribution is 2.33. The van der Waals surface area contributed by atoms with Crippen LogP contribution in [-0.4, -0.2) is 40.9 Å². The van der Waals surface area contributed by atoms with Crippen molar-refractivity contribution in [3.05, 3.63) is 15.8 Å². The van der Waals surface area contributed by atoms with Gasteiger partial charge in [0.05, 0.1) is 4.92 Å². The van der Waals surface area contributed by atoms with Crippen molar-refractivity contribution in [1.82, 2.24) is 15.1 Å². The van der Waals surface area contributed by atoms with Crippen LogP contribution in [0.4, 0.5) is 11.5 Å². The molecule has 0 bridgehead atoms. The predicted molar refractivity (Wildman–Crippen MR) is 78.1 cm³/mol. The van der Waals surface area contributed by atoms with Crippen molar-refractivity contribution >= 4 is 11.5 Å². The zero-order chi connectivity index (χ0) is 14.7. The average Bonchev–Trinajstić information content (AvgIpc) is 2.72. The molecule has 1 fully saturated rings. The maximum atomic E-state index is 11.2. The van der Waals surface area contributed by atoms with Gasteiger partial charge in [0.25, 0.3) is 0 Å². The largest absolute Gasteiger partial charge is 0.351 e. The fourth-order valence-corrected chi connectivity index (χ4v) is 2.90. The van der Waals surface area contributed by atoms with Gasteiger partial charge >= 0.3 is 5.69 Å². The van der Waals surface area contributed by atoms with Crippen LogP contribution in [0.15, 0.2) is 0 Å². The number of hydrogen-bond acceptors (Lipinski definition) is 5. The Hall–Kier alpha value is -1.63. The van der Waals surface area contributed by atoms with E-state index in [-0.39, 0.29) is 10.6 Å². The SMILES string of the molecule is CCNCC1CCN(c2c([N+](=O)[O-])c(C)nn2C)CC1. The molecule has 0 saturated carbocycles. The van der Waals surface area contributed by atoms with Crippen LogP contribution in [0.2, 0.25) is 0 Å². The summed E-state index contributed by atoms with van der Waals surface area (Å²) in [5, 5.41) is 18.8. The summed E-state index contributed by atoms with van der Waals surface area (Å²) in [6, 6.07) is 0. The van der Waals surface area contributed by atoms with Gasteiger partial charge in [-0.05, 0) is 38.8 Å². The number of aromatic nitrogens is 2. The fraction of sp³-hybridized carbons (Fsp3) is 0.769. The number of piperidine rings is 1.